The summed E-state index contributed by atoms with van der Waals surface area (Å²) in [6.07, 6.45) is 3.59. The fourth-order valence-electron chi connectivity index (χ4n) is 3.06. The number of aromatic nitrogens is 1. The highest BCUT2D eigenvalue weighted by molar-refractivity contribution is 5.79. The van der Waals surface area contributed by atoms with Gasteiger partial charge < -0.3 is 15.0 Å². The number of aryl methyl sites for hydroxylation is 1. The maximum absolute atomic E-state index is 12.2. The van der Waals surface area contributed by atoms with Crippen molar-refractivity contribution in [1.82, 2.24) is 10.3 Å². The van der Waals surface area contributed by atoms with Gasteiger partial charge in [-0.3, -0.25) is 4.79 Å². The molecule has 3 rings (SSSR count). The number of fused-ring (bicyclic) bond motifs is 1. The highest BCUT2D eigenvalue weighted by Crippen LogP contribution is 2.17. The van der Waals surface area contributed by atoms with Crippen LogP contribution in [0.4, 0.5) is 0 Å². The molecule has 2 N–H and O–H groups in total. The normalized spacial score (nSPS) is 18.1. The van der Waals surface area contributed by atoms with Crippen molar-refractivity contribution < 1.29 is 4.74 Å². The molecule has 0 radical (unpaired) electrons. The molecule has 1 aliphatic heterocycles. The molecule has 1 aromatic carbocycles. The lowest BCUT2D eigenvalue weighted by molar-refractivity contribution is 0.184. The zero-order valence-electron chi connectivity index (χ0n) is 13.2. The van der Waals surface area contributed by atoms with Crippen molar-refractivity contribution in [1.29, 1.82) is 0 Å². The lowest BCUT2D eigenvalue weighted by atomic mass is 10.0. The molecule has 118 valence electrons. The SMILES string of the molecule is Cc1ccc2[nH]c(CNCCCC3CCOC3)cc(=O)c2c1. The van der Waals surface area contributed by atoms with E-state index >= 15 is 0 Å². The maximum Gasteiger partial charge on any atom is 0.189 e. The van der Waals surface area contributed by atoms with Crippen LogP contribution in [0.2, 0.25) is 0 Å². The van der Waals surface area contributed by atoms with E-state index < -0.39 is 0 Å². The van der Waals surface area contributed by atoms with Crippen LogP contribution in [-0.4, -0.2) is 24.7 Å². The van der Waals surface area contributed by atoms with Gasteiger partial charge in [0.1, 0.15) is 0 Å². The van der Waals surface area contributed by atoms with Gasteiger partial charge in [0.25, 0.3) is 0 Å². The van der Waals surface area contributed by atoms with Crippen LogP contribution in [0, 0.1) is 12.8 Å². The molecule has 0 spiro atoms. The van der Waals surface area contributed by atoms with E-state index in [1.165, 1.54) is 12.8 Å². The predicted molar refractivity (Wildman–Crippen MR) is 89.2 cm³/mol. The molecular formula is C18H24N2O2. The number of rotatable bonds is 6. The van der Waals surface area contributed by atoms with E-state index in [1.54, 1.807) is 6.07 Å². The third kappa shape index (κ3) is 3.76. The summed E-state index contributed by atoms with van der Waals surface area (Å²) < 4.78 is 5.39. The van der Waals surface area contributed by atoms with Gasteiger partial charge in [-0.05, 0) is 50.8 Å². The number of ether oxygens (including phenoxy) is 1. The fourth-order valence-corrected chi connectivity index (χ4v) is 3.06. The average molecular weight is 300 g/mol. The van der Waals surface area contributed by atoms with E-state index in [1.807, 2.05) is 25.1 Å². The fraction of sp³-hybridized carbons (Fsp3) is 0.500. The molecule has 0 aliphatic carbocycles. The second-order valence-corrected chi connectivity index (χ2v) is 6.26. The minimum absolute atomic E-state index is 0.0948. The lowest BCUT2D eigenvalue weighted by Crippen LogP contribution is -2.18. The second kappa shape index (κ2) is 7.07. The average Bonchev–Trinajstić information content (AvgIpc) is 3.01. The number of benzene rings is 1. The number of H-pyrrole nitrogens is 1. The van der Waals surface area contributed by atoms with Crippen molar-refractivity contribution >= 4 is 10.9 Å². The highest BCUT2D eigenvalue weighted by atomic mass is 16.5. The molecule has 0 amide bonds. The third-order valence-corrected chi connectivity index (χ3v) is 4.35. The molecular weight excluding hydrogens is 276 g/mol. The van der Waals surface area contributed by atoms with Gasteiger partial charge in [-0.1, -0.05) is 11.6 Å². The zero-order chi connectivity index (χ0) is 15.4. The maximum atomic E-state index is 12.2. The molecule has 1 fully saturated rings. The van der Waals surface area contributed by atoms with Crippen LogP contribution in [0.1, 0.15) is 30.5 Å². The van der Waals surface area contributed by atoms with Crippen LogP contribution in [0.15, 0.2) is 29.1 Å². The Hall–Kier alpha value is -1.65. The molecule has 1 atom stereocenters. The number of pyridine rings is 1. The number of nitrogens with one attached hydrogen (secondary N) is 2. The number of hydrogen-bond acceptors (Lipinski definition) is 3. The summed E-state index contributed by atoms with van der Waals surface area (Å²) >= 11 is 0. The Bertz CT molecular complexity index is 687. The minimum Gasteiger partial charge on any atom is -0.381 e. The van der Waals surface area contributed by atoms with Crippen LogP contribution in [0.25, 0.3) is 10.9 Å². The van der Waals surface area contributed by atoms with Gasteiger partial charge in [-0.15, -0.1) is 0 Å². The summed E-state index contributed by atoms with van der Waals surface area (Å²) in [4.78, 5) is 15.5. The largest absolute Gasteiger partial charge is 0.381 e. The first-order chi connectivity index (χ1) is 10.7. The van der Waals surface area contributed by atoms with Gasteiger partial charge in [0, 0.05) is 42.4 Å². The minimum atomic E-state index is 0.0948. The standard InChI is InChI=1S/C18H24N2O2/c1-13-4-5-17-16(9-13)18(21)10-15(20-17)11-19-7-2-3-14-6-8-22-12-14/h4-5,9-10,14,19H,2-3,6-8,11-12H2,1H3,(H,20,21). The van der Waals surface area contributed by atoms with Gasteiger partial charge in [-0.2, -0.15) is 0 Å². The Morgan fingerprint density at radius 1 is 1.36 bits per heavy atom. The van der Waals surface area contributed by atoms with E-state index in [9.17, 15) is 4.79 Å². The van der Waals surface area contributed by atoms with Crippen LogP contribution < -0.4 is 10.7 Å². The summed E-state index contributed by atoms with van der Waals surface area (Å²) in [6.45, 7) is 5.54. The molecule has 2 heterocycles. The summed E-state index contributed by atoms with van der Waals surface area (Å²) in [5.41, 5.74) is 3.07. The Kier molecular flexibility index (Phi) is 4.90. The summed E-state index contributed by atoms with van der Waals surface area (Å²) in [6, 6.07) is 7.66. The van der Waals surface area contributed by atoms with E-state index in [2.05, 4.69) is 10.3 Å². The second-order valence-electron chi connectivity index (χ2n) is 6.26. The molecule has 1 aliphatic rings. The zero-order valence-corrected chi connectivity index (χ0v) is 13.2. The van der Waals surface area contributed by atoms with Crippen LogP contribution in [-0.2, 0) is 11.3 Å². The molecule has 22 heavy (non-hydrogen) atoms. The number of hydrogen-bond donors (Lipinski definition) is 2. The monoisotopic (exact) mass is 300 g/mol. The quantitative estimate of drug-likeness (QED) is 0.807. The van der Waals surface area contributed by atoms with Crippen molar-refractivity contribution in [2.75, 3.05) is 19.8 Å². The summed E-state index contributed by atoms with van der Waals surface area (Å²) in [7, 11) is 0. The van der Waals surface area contributed by atoms with E-state index in [4.69, 9.17) is 4.74 Å². The highest BCUT2D eigenvalue weighted by Gasteiger charge is 2.14. The van der Waals surface area contributed by atoms with Crippen LogP contribution in [0.5, 0.6) is 0 Å². The molecule has 0 bridgehead atoms. The smallest absolute Gasteiger partial charge is 0.189 e. The first-order valence-electron chi connectivity index (χ1n) is 8.13. The summed E-state index contributed by atoms with van der Waals surface area (Å²) in [5, 5.41) is 4.19. The molecule has 2 aromatic rings. The Balaban J connectivity index is 1.53. The van der Waals surface area contributed by atoms with Gasteiger partial charge in [0.05, 0.1) is 0 Å². The van der Waals surface area contributed by atoms with Crippen molar-refractivity contribution in [3.63, 3.8) is 0 Å². The van der Waals surface area contributed by atoms with Gasteiger partial charge >= 0.3 is 0 Å². The van der Waals surface area contributed by atoms with E-state index in [0.29, 0.717) is 6.54 Å². The molecule has 4 heteroatoms. The molecule has 4 nitrogen and oxygen atoms in total. The molecule has 1 saturated heterocycles. The topological polar surface area (TPSA) is 54.1 Å². The number of aromatic amines is 1. The molecule has 1 aromatic heterocycles. The Morgan fingerprint density at radius 2 is 2.27 bits per heavy atom. The molecule has 0 saturated carbocycles. The first-order valence-corrected chi connectivity index (χ1v) is 8.13. The van der Waals surface area contributed by atoms with Gasteiger partial charge in [0.15, 0.2) is 5.43 Å². The predicted octanol–water partition coefficient (Wildman–Crippen LogP) is 2.74. The van der Waals surface area contributed by atoms with E-state index in [0.717, 1.165) is 54.3 Å². The van der Waals surface area contributed by atoms with Crippen molar-refractivity contribution in [3.8, 4) is 0 Å². The first kappa shape index (κ1) is 15.3. The van der Waals surface area contributed by atoms with Gasteiger partial charge in [0.2, 0.25) is 0 Å². The summed E-state index contributed by atoms with van der Waals surface area (Å²) in [5.74, 6) is 0.741. The van der Waals surface area contributed by atoms with Crippen molar-refractivity contribution in [2.24, 2.45) is 5.92 Å². The Morgan fingerprint density at radius 3 is 3.09 bits per heavy atom. The lowest BCUT2D eigenvalue weighted by Gasteiger charge is -2.09. The van der Waals surface area contributed by atoms with Crippen LogP contribution in [0.3, 0.4) is 0 Å². The third-order valence-electron chi connectivity index (χ3n) is 4.35. The van der Waals surface area contributed by atoms with Gasteiger partial charge in [-0.25, -0.2) is 0 Å². The van der Waals surface area contributed by atoms with Crippen molar-refractivity contribution in [3.05, 3.63) is 45.7 Å². The van der Waals surface area contributed by atoms with Crippen molar-refractivity contribution in [2.45, 2.75) is 32.7 Å². The molecule has 1 unspecified atom stereocenters. The van der Waals surface area contributed by atoms with Crippen LogP contribution >= 0.6 is 0 Å². The van der Waals surface area contributed by atoms with E-state index in [-0.39, 0.29) is 5.43 Å². The Labute approximate surface area is 130 Å².